The monoisotopic (exact) mass is 363 g/mol. The van der Waals surface area contributed by atoms with Gasteiger partial charge in [0.15, 0.2) is 20.9 Å². The van der Waals surface area contributed by atoms with E-state index in [0.29, 0.717) is 0 Å². The van der Waals surface area contributed by atoms with Crippen LogP contribution in [0.25, 0.3) is 0 Å². The van der Waals surface area contributed by atoms with Gasteiger partial charge in [-0.2, -0.15) is 0 Å². The summed E-state index contributed by atoms with van der Waals surface area (Å²) >= 11 is 0. The molecule has 0 aromatic heterocycles. The molecule has 0 unspecified atom stereocenters. The number of rotatable bonds is 2. The highest BCUT2D eigenvalue weighted by atomic mass is 32.2. The van der Waals surface area contributed by atoms with E-state index in [1.165, 1.54) is 17.0 Å². The number of benzene rings is 1. The van der Waals surface area contributed by atoms with Crippen LogP contribution in [-0.4, -0.2) is 48.1 Å². The third-order valence-electron chi connectivity index (χ3n) is 4.28. The van der Waals surface area contributed by atoms with Crippen LogP contribution in [-0.2, 0) is 19.4 Å². The lowest BCUT2D eigenvalue weighted by atomic mass is 10.1. The van der Waals surface area contributed by atoms with Gasteiger partial charge in [0.05, 0.1) is 10.9 Å². The van der Waals surface area contributed by atoms with Crippen LogP contribution in [0.5, 0.6) is 0 Å². The number of amides is 1. The second-order valence-electron chi connectivity index (χ2n) is 7.39. The van der Waals surface area contributed by atoms with Crippen molar-refractivity contribution in [2.24, 2.45) is 0 Å². The molecule has 0 spiro atoms. The van der Waals surface area contributed by atoms with E-state index < -0.39 is 44.6 Å². The van der Waals surface area contributed by atoms with Gasteiger partial charge in [-0.3, -0.25) is 9.69 Å². The van der Waals surface area contributed by atoms with Gasteiger partial charge in [-0.15, -0.1) is 0 Å². The molecule has 0 saturated carbocycles. The van der Waals surface area contributed by atoms with E-state index in [4.69, 9.17) is 4.74 Å². The van der Waals surface area contributed by atoms with E-state index in [2.05, 4.69) is 0 Å². The minimum absolute atomic E-state index is 0.0848. The summed E-state index contributed by atoms with van der Waals surface area (Å²) in [6.45, 7) is 7.02. The second-order valence-corrected chi connectivity index (χ2v) is 9.46. The van der Waals surface area contributed by atoms with E-state index in [-0.39, 0.29) is 4.90 Å². The molecular formula is C18H21NO5S. The van der Waals surface area contributed by atoms with Gasteiger partial charge < -0.3 is 4.74 Å². The molecular weight excluding hydrogens is 342 g/mol. The Morgan fingerprint density at radius 1 is 1.12 bits per heavy atom. The number of ether oxygens (including phenoxy) is 1. The number of carbonyl (C=O) groups excluding carboxylic acids is 2. The van der Waals surface area contributed by atoms with Gasteiger partial charge in [-0.25, -0.2) is 13.2 Å². The first kappa shape index (κ1) is 17.7. The Hall–Kier alpha value is -2.15. The Morgan fingerprint density at radius 3 is 2.28 bits per heavy atom. The first-order valence-electron chi connectivity index (χ1n) is 8.06. The molecule has 1 aromatic rings. The maximum absolute atomic E-state index is 13.0. The zero-order valence-electron chi connectivity index (χ0n) is 14.6. The number of nitrogens with zero attached hydrogens (tertiary/aromatic N) is 1. The average molecular weight is 363 g/mol. The number of hydrogen-bond acceptors (Lipinski definition) is 5. The first-order valence-corrected chi connectivity index (χ1v) is 9.61. The van der Waals surface area contributed by atoms with Crippen LogP contribution < -0.4 is 0 Å². The van der Waals surface area contributed by atoms with Crippen molar-refractivity contribution >= 4 is 21.7 Å². The van der Waals surface area contributed by atoms with Crippen molar-refractivity contribution in [3.8, 4) is 0 Å². The zero-order valence-corrected chi connectivity index (χ0v) is 15.4. The van der Waals surface area contributed by atoms with Crippen molar-refractivity contribution in [3.63, 3.8) is 0 Å². The fourth-order valence-corrected chi connectivity index (χ4v) is 5.01. The predicted molar refractivity (Wildman–Crippen MR) is 91.9 cm³/mol. The second kappa shape index (κ2) is 5.69. The molecule has 0 radical (unpaired) electrons. The summed E-state index contributed by atoms with van der Waals surface area (Å²) in [5, 5.41) is -1.29. The molecule has 3 atom stereocenters. The normalized spacial score (nSPS) is 25.5. The van der Waals surface area contributed by atoms with Crippen LogP contribution in [0.1, 0.15) is 26.3 Å². The molecule has 2 aliphatic rings. The SMILES string of the molecule is Cc1ccc(S(=O)(=O)[C@H]2C(=O)[C@H]3C=C[C@@H]2N3C(=O)OC(C)(C)C)cc1. The number of aryl methyl sites for hydroxylation is 1. The quantitative estimate of drug-likeness (QED) is 0.753. The smallest absolute Gasteiger partial charge is 0.411 e. The molecule has 7 heteroatoms. The minimum Gasteiger partial charge on any atom is -0.444 e. The summed E-state index contributed by atoms with van der Waals surface area (Å²) in [5.74, 6) is -0.487. The molecule has 1 fully saturated rings. The Bertz CT molecular complexity index is 848. The van der Waals surface area contributed by atoms with Crippen LogP contribution in [0.2, 0.25) is 0 Å². The number of ketones is 1. The lowest BCUT2D eigenvalue weighted by Crippen LogP contribution is -2.43. The minimum atomic E-state index is -3.90. The molecule has 0 N–H and O–H groups in total. The number of Topliss-reactive ketones (excluding diaryl/α,β-unsaturated/α-hetero) is 1. The Kier molecular flexibility index (Phi) is 4.02. The van der Waals surface area contributed by atoms with Crippen LogP contribution >= 0.6 is 0 Å². The van der Waals surface area contributed by atoms with Gasteiger partial charge in [0.1, 0.15) is 11.6 Å². The average Bonchev–Trinajstić information content (AvgIpc) is 3.01. The fourth-order valence-electron chi connectivity index (χ4n) is 3.17. The zero-order chi connectivity index (χ0) is 18.6. The summed E-state index contributed by atoms with van der Waals surface area (Å²) in [6, 6.07) is 4.64. The van der Waals surface area contributed by atoms with Crippen LogP contribution in [0, 0.1) is 6.92 Å². The maximum atomic E-state index is 13.0. The molecule has 2 bridgehead atoms. The molecule has 1 saturated heterocycles. The van der Waals surface area contributed by atoms with Gasteiger partial charge in [-0.05, 0) is 39.8 Å². The van der Waals surface area contributed by atoms with E-state index >= 15 is 0 Å². The van der Waals surface area contributed by atoms with Gasteiger partial charge in [0.25, 0.3) is 0 Å². The summed E-state index contributed by atoms with van der Waals surface area (Å²) in [7, 11) is -3.90. The van der Waals surface area contributed by atoms with Crippen molar-refractivity contribution in [1.29, 1.82) is 0 Å². The number of sulfone groups is 1. The third kappa shape index (κ3) is 2.97. The van der Waals surface area contributed by atoms with Crippen LogP contribution in [0.15, 0.2) is 41.3 Å². The van der Waals surface area contributed by atoms with Crippen molar-refractivity contribution in [2.75, 3.05) is 0 Å². The Morgan fingerprint density at radius 2 is 1.72 bits per heavy atom. The van der Waals surface area contributed by atoms with Crippen LogP contribution in [0.3, 0.4) is 0 Å². The molecule has 2 heterocycles. The summed E-state index contributed by atoms with van der Waals surface area (Å²) in [6.07, 6.45) is 2.49. The van der Waals surface area contributed by atoms with Crippen molar-refractivity contribution in [1.82, 2.24) is 4.90 Å². The first-order chi connectivity index (χ1) is 11.5. The van der Waals surface area contributed by atoms with E-state index in [1.54, 1.807) is 45.1 Å². The van der Waals surface area contributed by atoms with Crippen molar-refractivity contribution in [3.05, 3.63) is 42.0 Å². The van der Waals surface area contributed by atoms with Crippen molar-refractivity contribution < 1.29 is 22.7 Å². The molecule has 2 aliphatic heterocycles. The third-order valence-corrected chi connectivity index (χ3v) is 6.39. The summed E-state index contributed by atoms with van der Waals surface area (Å²) in [5.41, 5.74) is 0.196. The molecule has 134 valence electrons. The highest BCUT2D eigenvalue weighted by Crippen LogP contribution is 2.37. The Labute approximate surface area is 147 Å². The van der Waals surface area contributed by atoms with Gasteiger partial charge in [0.2, 0.25) is 0 Å². The molecule has 1 amide bonds. The Balaban J connectivity index is 1.94. The topological polar surface area (TPSA) is 80.8 Å². The number of fused-ring (bicyclic) bond motifs is 2. The molecule has 1 aromatic carbocycles. The van der Waals surface area contributed by atoms with Gasteiger partial charge >= 0.3 is 6.09 Å². The van der Waals surface area contributed by atoms with Gasteiger partial charge in [0, 0.05) is 0 Å². The summed E-state index contributed by atoms with van der Waals surface area (Å²) < 4.78 is 31.3. The standard InChI is InChI=1S/C18H21NO5S/c1-11-5-7-12(8-6-11)25(22,23)16-14-10-9-13(15(16)20)19(14)17(21)24-18(2,3)4/h5-10,13-14,16H,1-4H3/t13-,14+,16-/m1/s1. The molecule has 3 rings (SSSR count). The number of carbonyl (C=O) groups is 2. The van der Waals surface area contributed by atoms with E-state index in [9.17, 15) is 18.0 Å². The van der Waals surface area contributed by atoms with Crippen molar-refractivity contribution in [2.45, 2.75) is 55.5 Å². The fraction of sp³-hybridized carbons (Fsp3) is 0.444. The largest absolute Gasteiger partial charge is 0.444 e. The molecule has 0 aliphatic carbocycles. The highest BCUT2D eigenvalue weighted by molar-refractivity contribution is 7.93. The lowest BCUT2D eigenvalue weighted by molar-refractivity contribution is -0.118. The molecule has 25 heavy (non-hydrogen) atoms. The van der Waals surface area contributed by atoms with Crippen LogP contribution in [0.4, 0.5) is 4.79 Å². The van der Waals surface area contributed by atoms with E-state index in [1.807, 2.05) is 6.92 Å². The predicted octanol–water partition coefficient (Wildman–Crippen LogP) is 2.26. The summed E-state index contributed by atoms with van der Waals surface area (Å²) in [4.78, 5) is 26.4. The maximum Gasteiger partial charge on any atom is 0.411 e. The molecule has 6 nitrogen and oxygen atoms in total. The lowest BCUT2D eigenvalue weighted by Gasteiger charge is -2.27. The van der Waals surface area contributed by atoms with Gasteiger partial charge in [-0.1, -0.05) is 29.8 Å². The highest BCUT2D eigenvalue weighted by Gasteiger charge is 2.58. The number of hydrogen-bond donors (Lipinski definition) is 0. The van der Waals surface area contributed by atoms with E-state index in [0.717, 1.165) is 5.56 Å².